The summed E-state index contributed by atoms with van der Waals surface area (Å²) in [5, 5.41) is 11.0. The molecule has 0 aromatic rings. The fourth-order valence-corrected chi connectivity index (χ4v) is 4.67. The molecule has 22 heavy (non-hydrogen) atoms. The Hall–Kier alpha value is -1.49. The molecule has 0 heterocycles. The third kappa shape index (κ3) is 2.22. The second-order valence-corrected chi connectivity index (χ2v) is 7.44. The number of esters is 1. The number of hydrogen-bond donors (Lipinski definition) is 1. The van der Waals surface area contributed by atoms with E-state index in [0.29, 0.717) is 19.0 Å². The Labute approximate surface area is 130 Å². The Kier molecular flexibility index (Phi) is 4.07. The Bertz CT molecular complexity index is 535. The van der Waals surface area contributed by atoms with Crippen molar-refractivity contribution in [3.63, 3.8) is 0 Å². The van der Waals surface area contributed by atoms with E-state index in [1.165, 1.54) is 13.0 Å². The highest BCUT2D eigenvalue weighted by Crippen LogP contribution is 2.60. The first-order valence-corrected chi connectivity index (χ1v) is 7.66. The Balaban J connectivity index is 2.67. The molecule has 0 spiro atoms. The second kappa shape index (κ2) is 5.30. The minimum atomic E-state index is -1.84. The summed E-state index contributed by atoms with van der Waals surface area (Å²) >= 11 is 0. The lowest BCUT2D eigenvalue weighted by atomic mass is 9.46. The van der Waals surface area contributed by atoms with E-state index in [4.69, 9.17) is 4.74 Å². The summed E-state index contributed by atoms with van der Waals surface area (Å²) < 4.78 is 5.43. The highest BCUT2D eigenvalue weighted by molar-refractivity contribution is 5.88. The van der Waals surface area contributed by atoms with Gasteiger partial charge < -0.3 is 9.84 Å². The average molecular weight is 308 g/mol. The van der Waals surface area contributed by atoms with Gasteiger partial charge in [0.05, 0.1) is 0 Å². The van der Waals surface area contributed by atoms with Gasteiger partial charge in [-0.15, -0.1) is 0 Å². The maximum absolute atomic E-state index is 11.7. The number of hydrogen-bond acceptors (Lipinski definition) is 5. The van der Waals surface area contributed by atoms with Crippen LogP contribution in [0, 0.1) is 16.7 Å². The lowest BCUT2D eigenvalue weighted by Gasteiger charge is -2.59. The second-order valence-electron chi connectivity index (χ2n) is 7.44. The predicted octanol–water partition coefficient (Wildman–Crippen LogP) is 1.82. The van der Waals surface area contributed by atoms with Gasteiger partial charge in [0.15, 0.2) is 11.9 Å². The monoisotopic (exact) mass is 308 g/mol. The average Bonchev–Trinajstić information content (AvgIpc) is 2.40. The first-order chi connectivity index (χ1) is 10.1. The van der Waals surface area contributed by atoms with Crippen LogP contribution in [0.2, 0.25) is 0 Å². The molecule has 4 atom stereocenters. The fraction of sp³-hybridized carbons (Fsp3) is 0.706. The molecule has 5 heteroatoms. The van der Waals surface area contributed by atoms with Gasteiger partial charge in [0.1, 0.15) is 12.4 Å². The zero-order valence-corrected chi connectivity index (χ0v) is 13.6. The van der Waals surface area contributed by atoms with E-state index in [-0.39, 0.29) is 16.9 Å². The highest BCUT2D eigenvalue weighted by Gasteiger charge is 2.64. The van der Waals surface area contributed by atoms with Crippen LogP contribution in [-0.2, 0) is 19.1 Å². The smallest absolute Gasteiger partial charge is 0.303 e. The molecule has 1 unspecified atom stereocenters. The Morgan fingerprint density at radius 2 is 1.95 bits per heavy atom. The minimum Gasteiger partial charge on any atom is -0.458 e. The molecular weight excluding hydrogens is 284 g/mol. The van der Waals surface area contributed by atoms with Crippen molar-refractivity contribution >= 4 is 18.5 Å². The summed E-state index contributed by atoms with van der Waals surface area (Å²) in [7, 11) is 0. The summed E-state index contributed by atoms with van der Waals surface area (Å²) in [6.07, 6.45) is 4.14. The number of fused-ring (bicyclic) bond motifs is 1. The van der Waals surface area contributed by atoms with Gasteiger partial charge in [0, 0.05) is 23.8 Å². The maximum atomic E-state index is 11.7. The Morgan fingerprint density at radius 1 is 1.32 bits per heavy atom. The zero-order valence-electron chi connectivity index (χ0n) is 13.6. The van der Waals surface area contributed by atoms with E-state index < -0.39 is 23.1 Å². The molecule has 0 radical (unpaired) electrons. The van der Waals surface area contributed by atoms with Crippen molar-refractivity contribution < 1.29 is 24.2 Å². The molecule has 0 aromatic carbocycles. The third-order valence-electron chi connectivity index (χ3n) is 5.63. The first kappa shape index (κ1) is 16.9. The topological polar surface area (TPSA) is 80.7 Å². The third-order valence-corrected chi connectivity index (χ3v) is 5.63. The summed E-state index contributed by atoms with van der Waals surface area (Å²) in [5.74, 6) is -0.677. The van der Waals surface area contributed by atoms with E-state index in [2.05, 4.69) is 13.8 Å². The molecule has 0 amide bonds. The van der Waals surface area contributed by atoms with Gasteiger partial charge in [0.2, 0.25) is 0 Å². The molecular formula is C17H24O5. The van der Waals surface area contributed by atoms with Gasteiger partial charge in [-0.05, 0) is 24.3 Å². The summed E-state index contributed by atoms with van der Waals surface area (Å²) in [5.41, 5.74) is -2.92. The fourth-order valence-electron chi connectivity index (χ4n) is 4.67. The summed E-state index contributed by atoms with van der Waals surface area (Å²) in [6, 6.07) is 0. The number of rotatable bonds is 3. The van der Waals surface area contributed by atoms with Crippen LogP contribution in [-0.4, -0.2) is 35.4 Å². The predicted molar refractivity (Wildman–Crippen MR) is 79.9 cm³/mol. The van der Waals surface area contributed by atoms with Gasteiger partial charge in [-0.25, -0.2) is 0 Å². The van der Waals surface area contributed by atoms with Crippen molar-refractivity contribution in [1.29, 1.82) is 0 Å². The van der Waals surface area contributed by atoms with E-state index in [9.17, 15) is 19.5 Å². The molecule has 1 N–H and O–H groups in total. The van der Waals surface area contributed by atoms with E-state index in [1.807, 2.05) is 6.92 Å². The summed E-state index contributed by atoms with van der Waals surface area (Å²) in [6.45, 7) is 7.25. The largest absolute Gasteiger partial charge is 0.458 e. The number of aliphatic hydroxyl groups is 1. The van der Waals surface area contributed by atoms with Gasteiger partial charge in [-0.3, -0.25) is 14.4 Å². The molecule has 2 rings (SSSR count). The number of ether oxygens (including phenoxy) is 1. The standard InChI is InChI=1S/C17H24O5/c1-11(20)22-13-8-12(9-18)17(21,10-19)16(4)7-5-6-15(2,3)14(13)16/h8-10,13-14,21H,5-7H2,1-4H3/t13-,14?,16-,17+/m0/s1. The van der Waals surface area contributed by atoms with Crippen LogP contribution in [0.3, 0.4) is 0 Å². The molecule has 1 saturated carbocycles. The van der Waals surface area contributed by atoms with Crippen molar-refractivity contribution in [1.82, 2.24) is 0 Å². The van der Waals surface area contributed by atoms with Crippen molar-refractivity contribution in [2.75, 3.05) is 0 Å². The first-order valence-electron chi connectivity index (χ1n) is 7.66. The maximum Gasteiger partial charge on any atom is 0.303 e. The highest BCUT2D eigenvalue weighted by atomic mass is 16.5. The van der Waals surface area contributed by atoms with Crippen molar-refractivity contribution in [3.8, 4) is 0 Å². The van der Waals surface area contributed by atoms with Gasteiger partial charge in [0.25, 0.3) is 0 Å². The normalized spacial score (nSPS) is 40.1. The molecule has 0 aromatic heterocycles. The van der Waals surface area contributed by atoms with Crippen molar-refractivity contribution in [3.05, 3.63) is 11.6 Å². The number of carbonyl (C=O) groups excluding carboxylic acids is 3. The quantitative estimate of drug-likeness (QED) is 0.635. The molecule has 0 aliphatic heterocycles. The molecule has 0 bridgehead atoms. The molecule has 122 valence electrons. The van der Waals surface area contributed by atoms with Crippen LogP contribution in [0.5, 0.6) is 0 Å². The van der Waals surface area contributed by atoms with Crippen LogP contribution in [0.4, 0.5) is 0 Å². The lowest BCUT2D eigenvalue weighted by Crippen LogP contribution is -2.64. The molecule has 0 saturated heterocycles. The van der Waals surface area contributed by atoms with Gasteiger partial charge in [-0.2, -0.15) is 0 Å². The molecule has 2 aliphatic rings. The molecule has 2 aliphatic carbocycles. The van der Waals surface area contributed by atoms with E-state index >= 15 is 0 Å². The molecule has 1 fully saturated rings. The number of aldehydes is 2. The van der Waals surface area contributed by atoms with Crippen LogP contribution in [0.15, 0.2) is 11.6 Å². The number of carbonyl (C=O) groups is 3. The van der Waals surface area contributed by atoms with Crippen molar-refractivity contribution in [2.24, 2.45) is 16.7 Å². The zero-order chi connectivity index (χ0) is 16.8. The lowest BCUT2D eigenvalue weighted by molar-refractivity contribution is -0.186. The minimum absolute atomic E-state index is 0.00907. The van der Waals surface area contributed by atoms with Crippen molar-refractivity contribution in [2.45, 2.75) is 58.7 Å². The van der Waals surface area contributed by atoms with E-state index in [0.717, 1.165) is 12.8 Å². The van der Waals surface area contributed by atoms with E-state index in [1.54, 1.807) is 0 Å². The van der Waals surface area contributed by atoms with Crippen LogP contribution in [0.25, 0.3) is 0 Å². The Morgan fingerprint density at radius 3 is 2.45 bits per heavy atom. The van der Waals surface area contributed by atoms with Crippen LogP contribution < -0.4 is 0 Å². The molecule has 5 nitrogen and oxygen atoms in total. The van der Waals surface area contributed by atoms with Gasteiger partial charge in [-0.1, -0.05) is 27.2 Å². The SMILES string of the molecule is CC(=O)O[C@H]1C=C(C=O)[C@](O)(C=O)[C@@]2(C)CCCC(C)(C)C12. The summed E-state index contributed by atoms with van der Waals surface area (Å²) in [4.78, 5) is 34.6. The van der Waals surface area contributed by atoms with Gasteiger partial charge >= 0.3 is 5.97 Å². The van der Waals surface area contributed by atoms with Crippen LogP contribution >= 0.6 is 0 Å². The van der Waals surface area contributed by atoms with Crippen LogP contribution in [0.1, 0.15) is 47.0 Å².